The second kappa shape index (κ2) is 8.93. The van der Waals surface area contributed by atoms with Crippen LogP contribution in [0.15, 0.2) is 18.2 Å². The molecule has 0 aliphatic carbocycles. The fourth-order valence-corrected chi connectivity index (χ4v) is 3.44. The van der Waals surface area contributed by atoms with Crippen LogP contribution < -0.4 is 15.1 Å². The minimum atomic E-state index is -0.291. The third kappa shape index (κ3) is 6.70. The highest BCUT2D eigenvalue weighted by atomic mass is 35.5. The quantitative estimate of drug-likeness (QED) is 0.772. The average molecular weight is 396 g/mol. The van der Waals surface area contributed by atoms with Gasteiger partial charge in [-0.25, -0.2) is 0 Å². The first-order valence-electron chi connectivity index (χ1n) is 9.45. The summed E-state index contributed by atoms with van der Waals surface area (Å²) in [7, 11) is 1.69. The van der Waals surface area contributed by atoms with Crippen molar-refractivity contribution in [3.8, 4) is 0 Å². The van der Waals surface area contributed by atoms with Crippen molar-refractivity contribution in [3.63, 3.8) is 0 Å². The molecule has 1 heterocycles. The molecular formula is C20H32ClN4O2+. The van der Waals surface area contributed by atoms with Gasteiger partial charge in [0.25, 0.3) is 5.91 Å². The summed E-state index contributed by atoms with van der Waals surface area (Å²) in [6.07, 6.45) is 0. The number of hydrogen-bond acceptors (Lipinski definition) is 3. The van der Waals surface area contributed by atoms with E-state index in [1.165, 1.54) is 21.1 Å². The molecular weight excluding hydrogens is 364 g/mol. The Kier molecular flexibility index (Phi) is 7.12. The fraction of sp³-hybridized carbons (Fsp3) is 0.600. The molecule has 27 heavy (non-hydrogen) atoms. The first-order chi connectivity index (χ1) is 12.5. The summed E-state index contributed by atoms with van der Waals surface area (Å²) in [5, 5.41) is 3.63. The minimum absolute atomic E-state index is 0.00134. The first-order valence-corrected chi connectivity index (χ1v) is 9.82. The van der Waals surface area contributed by atoms with Crippen molar-refractivity contribution in [1.29, 1.82) is 0 Å². The van der Waals surface area contributed by atoms with E-state index in [9.17, 15) is 9.59 Å². The summed E-state index contributed by atoms with van der Waals surface area (Å²) < 4.78 is 0. The van der Waals surface area contributed by atoms with Gasteiger partial charge in [0.05, 0.1) is 32.7 Å². The minimum Gasteiger partial charge on any atom is -0.360 e. The lowest BCUT2D eigenvalue weighted by molar-refractivity contribution is -0.892. The van der Waals surface area contributed by atoms with E-state index < -0.39 is 0 Å². The van der Waals surface area contributed by atoms with Crippen LogP contribution >= 0.6 is 11.6 Å². The first kappa shape index (κ1) is 21.5. The number of amides is 2. The van der Waals surface area contributed by atoms with E-state index in [4.69, 9.17) is 11.6 Å². The third-order valence-electron chi connectivity index (χ3n) is 4.70. The topological polar surface area (TPSA) is 57.1 Å². The molecule has 0 bridgehead atoms. The molecule has 0 atom stereocenters. The molecule has 0 unspecified atom stereocenters. The van der Waals surface area contributed by atoms with Gasteiger partial charge in [-0.05, 0) is 45.4 Å². The maximum atomic E-state index is 12.5. The highest BCUT2D eigenvalue weighted by Crippen LogP contribution is 2.24. The van der Waals surface area contributed by atoms with E-state index >= 15 is 0 Å². The second-order valence-corrected chi connectivity index (χ2v) is 8.83. The van der Waals surface area contributed by atoms with Crippen LogP contribution in [0.5, 0.6) is 0 Å². The number of hydrogen-bond donors (Lipinski definition) is 2. The van der Waals surface area contributed by atoms with Crippen molar-refractivity contribution in [3.05, 3.63) is 28.8 Å². The zero-order chi connectivity index (χ0) is 20.2. The predicted molar refractivity (Wildman–Crippen MR) is 109 cm³/mol. The Morgan fingerprint density at radius 1 is 1.26 bits per heavy atom. The monoisotopic (exact) mass is 395 g/mol. The number of quaternary nitrogens is 1. The van der Waals surface area contributed by atoms with Gasteiger partial charge in [-0.3, -0.25) is 9.59 Å². The largest absolute Gasteiger partial charge is 0.360 e. The number of likely N-dealkylation sites (N-methyl/N-ethyl adjacent to an activating group) is 1. The van der Waals surface area contributed by atoms with Crippen molar-refractivity contribution < 1.29 is 14.5 Å². The van der Waals surface area contributed by atoms with Gasteiger partial charge in [0.2, 0.25) is 5.91 Å². The molecule has 2 N–H and O–H groups in total. The van der Waals surface area contributed by atoms with Gasteiger partial charge < -0.3 is 20.0 Å². The van der Waals surface area contributed by atoms with E-state index in [1.54, 1.807) is 7.05 Å². The lowest BCUT2D eigenvalue weighted by Gasteiger charge is -2.34. The molecule has 1 fully saturated rings. The van der Waals surface area contributed by atoms with Crippen LogP contribution in [0.4, 0.5) is 5.69 Å². The number of halogens is 1. The van der Waals surface area contributed by atoms with Crippen molar-refractivity contribution in [2.24, 2.45) is 0 Å². The molecule has 1 saturated heterocycles. The Morgan fingerprint density at radius 2 is 1.89 bits per heavy atom. The zero-order valence-electron chi connectivity index (χ0n) is 17.1. The Hall–Kier alpha value is -1.79. The Morgan fingerprint density at radius 3 is 2.48 bits per heavy atom. The number of piperazine rings is 1. The van der Waals surface area contributed by atoms with E-state index in [0.717, 1.165) is 31.2 Å². The lowest BCUT2D eigenvalue weighted by atomic mass is 10.1. The van der Waals surface area contributed by atoms with Crippen LogP contribution in [0.25, 0.3) is 0 Å². The van der Waals surface area contributed by atoms with Crippen LogP contribution in [-0.4, -0.2) is 68.6 Å². The van der Waals surface area contributed by atoms with Crippen molar-refractivity contribution in [2.75, 3.05) is 51.2 Å². The van der Waals surface area contributed by atoms with Crippen LogP contribution in [0.1, 0.15) is 26.3 Å². The van der Waals surface area contributed by atoms with Gasteiger partial charge >= 0.3 is 0 Å². The Labute approximate surface area is 167 Å². The molecule has 150 valence electrons. The molecule has 0 radical (unpaired) electrons. The second-order valence-electron chi connectivity index (χ2n) is 8.39. The van der Waals surface area contributed by atoms with E-state index in [1.807, 2.05) is 39.0 Å². The zero-order valence-corrected chi connectivity index (χ0v) is 17.8. The summed E-state index contributed by atoms with van der Waals surface area (Å²) in [4.78, 5) is 29.5. The van der Waals surface area contributed by atoms with Crippen molar-refractivity contribution >= 4 is 29.1 Å². The summed E-state index contributed by atoms with van der Waals surface area (Å²) in [6, 6.07) is 5.96. The molecule has 2 amide bonds. The number of nitrogens with zero attached hydrogens (tertiary/aromatic N) is 2. The average Bonchev–Trinajstić information content (AvgIpc) is 2.56. The normalized spacial score (nSPS) is 15.6. The Bertz CT molecular complexity index is 679. The number of anilines is 1. The number of benzene rings is 1. The predicted octanol–water partition coefficient (Wildman–Crippen LogP) is 0.726. The van der Waals surface area contributed by atoms with E-state index in [-0.39, 0.29) is 23.9 Å². The number of carbonyl (C=O) groups excluding carboxylic acids is 2. The highest BCUT2D eigenvalue weighted by molar-refractivity contribution is 6.30. The van der Waals surface area contributed by atoms with Gasteiger partial charge in [0.15, 0.2) is 6.54 Å². The summed E-state index contributed by atoms with van der Waals surface area (Å²) >= 11 is 6.14. The Balaban J connectivity index is 1.82. The fourth-order valence-electron chi connectivity index (χ4n) is 3.27. The third-order valence-corrected chi connectivity index (χ3v) is 4.94. The molecule has 1 aromatic rings. The number of nitrogens with one attached hydrogen (secondary N) is 2. The maximum absolute atomic E-state index is 12.5. The summed E-state index contributed by atoms with van der Waals surface area (Å²) in [5.74, 6) is -0.129. The van der Waals surface area contributed by atoms with E-state index in [0.29, 0.717) is 6.54 Å². The van der Waals surface area contributed by atoms with Crippen LogP contribution in [0.3, 0.4) is 0 Å². The number of rotatable bonds is 5. The molecule has 7 heteroatoms. The van der Waals surface area contributed by atoms with Gasteiger partial charge in [-0.15, -0.1) is 0 Å². The molecule has 1 aliphatic heterocycles. The van der Waals surface area contributed by atoms with Gasteiger partial charge in [0, 0.05) is 23.3 Å². The molecule has 0 spiro atoms. The molecule has 1 aromatic carbocycles. The SMILES string of the molecule is Cc1ccc(Cl)cc1N1CC[NH+](CC(=O)N(C)CC(=O)NC(C)(C)C)CC1. The number of carbonyl (C=O) groups is 2. The molecule has 6 nitrogen and oxygen atoms in total. The standard InChI is InChI=1S/C20H31ClN4O2/c1-15-6-7-16(21)12-17(15)25-10-8-24(9-11-25)14-19(27)23(5)13-18(26)22-20(2,3)4/h6-7,12H,8-11,13-14H2,1-5H3,(H,22,26)/p+1. The summed E-state index contributed by atoms with van der Waals surface area (Å²) in [6.45, 7) is 11.9. The highest BCUT2D eigenvalue weighted by Gasteiger charge is 2.25. The molecule has 2 rings (SSSR count). The van der Waals surface area contributed by atoms with Crippen LogP contribution in [0.2, 0.25) is 5.02 Å². The van der Waals surface area contributed by atoms with Crippen LogP contribution in [0, 0.1) is 6.92 Å². The molecule has 0 aromatic heterocycles. The maximum Gasteiger partial charge on any atom is 0.277 e. The smallest absolute Gasteiger partial charge is 0.277 e. The summed E-state index contributed by atoms with van der Waals surface area (Å²) in [5.41, 5.74) is 2.09. The molecule has 0 saturated carbocycles. The number of aryl methyl sites for hydroxylation is 1. The van der Waals surface area contributed by atoms with Crippen molar-refractivity contribution in [2.45, 2.75) is 33.2 Å². The van der Waals surface area contributed by atoms with E-state index in [2.05, 4.69) is 17.1 Å². The van der Waals surface area contributed by atoms with Crippen molar-refractivity contribution in [1.82, 2.24) is 10.2 Å². The van der Waals surface area contributed by atoms with Gasteiger partial charge in [-0.2, -0.15) is 0 Å². The molecule has 1 aliphatic rings. The van der Waals surface area contributed by atoms with Crippen LogP contribution in [-0.2, 0) is 9.59 Å². The lowest BCUT2D eigenvalue weighted by Crippen LogP contribution is -3.15. The van der Waals surface area contributed by atoms with Gasteiger partial charge in [-0.1, -0.05) is 17.7 Å². The van der Waals surface area contributed by atoms with Gasteiger partial charge in [0.1, 0.15) is 0 Å².